The number of hydrogen-bond donors (Lipinski definition) is 1. The Morgan fingerprint density at radius 1 is 1.19 bits per heavy atom. The Hall–Kier alpha value is -0.340. The normalized spacial score (nSPS) is 15.1. The molecule has 0 radical (unpaired) electrons. The SMILES string of the molecule is CCC(CC)CC(C)(O)c1ccc(Br)cc1. The van der Waals surface area contributed by atoms with Crippen LogP contribution < -0.4 is 0 Å². The van der Waals surface area contributed by atoms with Crippen molar-refractivity contribution in [2.75, 3.05) is 0 Å². The fourth-order valence-electron chi connectivity index (χ4n) is 2.07. The first kappa shape index (κ1) is 13.7. The molecule has 1 unspecified atom stereocenters. The van der Waals surface area contributed by atoms with Crippen LogP contribution in [0.3, 0.4) is 0 Å². The summed E-state index contributed by atoms with van der Waals surface area (Å²) in [7, 11) is 0. The van der Waals surface area contributed by atoms with Crippen molar-refractivity contribution >= 4 is 15.9 Å². The van der Waals surface area contributed by atoms with Gasteiger partial charge in [-0.1, -0.05) is 54.8 Å². The standard InChI is InChI=1S/C14H21BrO/c1-4-11(5-2)10-14(3,16)12-6-8-13(15)9-7-12/h6-9,11,16H,4-5,10H2,1-3H3. The first-order valence-electron chi connectivity index (χ1n) is 5.98. The summed E-state index contributed by atoms with van der Waals surface area (Å²) < 4.78 is 1.05. The smallest absolute Gasteiger partial charge is 0.0871 e. The molecule has 1 rings (SSSR count). The molecule has 0 aliphatic carbocycles. The van der Waals surface area contributed by atoms with E-state index in [1.165, 1.54) is 0 Å². The van der Waals surface area contributed by atoms with Gasteiger partial charge in [0.2, 0.25) is 0 Å². The molecule has 1 nitrogen and oxygen atoms in total. The van der Waals surface area contributed by atoms with E-state index >= 15 is 0 Å². The van der Waals surface area contributed by atoms with Crippen LogP contribution >= 0.6 is 15.9 Å². The van der Waals surface area contributed by atoms with Crippen LogP contribution in [-0.4, -0.2) is 5.11 Å². The molecule has 0 spiro atoms. The van der Waals surface area contributed by atoms with E-state index in [0.717, 1.165) is 29.3 Å². The number of rotatable bonds is 5. The molecule has 2 heteroatoms. The molecular formula is C14H21BrO. The third kappa shape index (κ3) is 3.60. The largest absolute Gasteiger partial charge is 0.385 e. The zero-order valence-electron chi connectivity index (χ0n) is 10.3. The van der Waals surface area contributed by atoms with Crippen molar-refractivity contribution in [1.29, 1.82) is 0 Å². The van der Waals surface area contributed by atoms with E-state index in [1.54, 1.807) is 0 Å². The summed E-state index contributed by atoms with van der Waals surface area (Å²) in [6, 6.07) is 7.95. The third-order valence-electron chi connectivity index (χ3n) is 3.31. The van der Waals surface area contributed by atoms with E-state index < -0.39 is 5.60 Å². The molecular weight excluding hydrogens is 264 g/mol. The van der Waals surface area contributed by atoms with Crippen molar-refractivity contribution in [1.82, 2.24) is 0 Å². The molecule has 1 aromatic rings. The maximum absolute atomic E-state index is 10.5. The van der Waals surface area contributed by atoms with Gasteiger partial charge in [0.1, 0.15) is 0 Å². The van der Waals surface area contributed by atoms with Crippen molar-refractivity contribution in [3.05, 3.63) is 34.3 Å². The third-order valence-corrected chi connectivity index (χ3v) is 3.84. The molecule has 16 heavy (non-hydrogen) atoms. The van der Waals surface area contributed by atoms with Crippen LogP contribution in [0, 0.1) is 5.92 Å². The lowest BCUT2D eigenvalue weighted by molar-refractivity contribution is 0.0285. The van der Waals surface area contributed by atoms with Crippen LogP contribution in [0.4, 0.5) is 0 Å². The molecule has 0 bridgehead atoms. The predicted octanol–water partition coefficient (Wildman–Crippen LogP) is 4.48. The summed E-state index contributed by atoms with van der Waals surface area (Å²) in [6.07, 6.45) is 3.09. The van der Waals surface area contributed by atoms with Crippen LogP contribution in [0.1, 0.15) is 45.6 Å². The Balaban J connectivity index is 2.80. The van der Waals surface area contributed by atoms with E-state index in [0.29, 0.717) is 5.92 Å². The zero-order chi connectivity index (χ0) is 12.2. The van der Waals surface area contributed by atoms with Crippen LogP contribution in [0.25, 0.3) is 0 Å². The van der Waals surface area contributed by atoms with Crippen molar-refractivity contribution in [3.8, 4) is 0 Å². The lowest BCUT2D eigenvalue weighted by atomic mass is 9.84. The maximum atomic E-state index is 10.5. The van der Waals surface area contributed by atoms with Gasteiger partial charge in [-0.3, -0.25) is 0 Å². The Morgan fingerprint density at radius 2 is 1.69 bits per heavy atom. The molecule has 0 amide bonds. The first-order chi connectivity index (χ1) is 7.49. The lowest BCUT2D eigenvalue weighted by Gasteiger charge is -2.28. The summed E-state index contributed by atoms with van der Waals surface area (Å²) >= 11 is 3.41. The molecule has 0 fully saturated rings. The summed E-state index contributed by atoms with van der Waals surface area (Å²) in [5.74, 6) is 0.596. The van der Waals surface area contributed by atoms with Gasteiger partial charge in [0.15, 0.2) is 0 Å². The van der Waals surface area contributed by atoms with Gasteiger partial charge < -0.3 is 5.11 Å². The molecule has 1 atom stereocenters. The summed E-state index contributed by atoms with van der Waals surface area (Å²) in [6.45, 7) is 6.28. The first-order valence-corrected chi connectivity index (χ1v) is 6.77. The van der Waals surface area contributed by atoms with Crippen LogP contribution in [-0.2, 0) is 5.60 Å². The topological polar surface area (TPSA) is 20.2 Å². The molecule has 90 valence electrons. The van der Waals surface area contributed by atoms with E-state index in [9.17, 15) is 5.11 Å². The molecule has 0 aromatic heterocycles. The maximum Gasteiger partial charge on any atom is 0.0871 e. The average molecular weight is 285 g/mol. The number of benzene rings is 1. The fraction of sp³-hybridized carbons (Fsp3) is 0.571. The molecule has 0 saturated heterocycles. The summed E-state index contributed by atoms with van der Waals surface area (Å²) in [4.78, 5) is 0. The Morgan fingerprint density at radius 3 is 2.12 bits per heavy atom. The number of halogens is 1. The van der Waals surface area contributed by atoms with Gasteiger partial charge in [0.05, 0.1) is 5.60 Å². The van der Waals surface area contributed by atoms with E-state index in [2.05, 4.69) is 29.8 Å². The second kappa shape index (κ2) is 5.83. The van der Waals surface area contributed by atoms with Gasteiger partial charge in [-0.15, -0.1) is 0 Å². The van der Waals surface area contributed by atoms with Gasteiger partial charge in [-0.05, 0) is 37.0 Å². The van der Waals surface area contributed by atoms with Gasteiger partial charge >= 0.3 is 0 Å². The van der Waals surface area contributed by atoms with Gasteiger partial charge in [0, 0.05) is 4.47 Å². The predicted molar refractivity (Wildman–Crippen MR) is 72.4 cm³/mol. The Labute approximate surface area is 107 Å². The highest BCUT2D eigenvalue weighted by Crippen LogP contribution is 2.31. The van der Waals surface area contributed by atoms with Gasteiger partial charge in [-0.2, -0.15) is 0 Å². The Bertz CT molecular complexity index is 312. The fourth-order valence-corrected chi connectivity index (χ4v) is 2.33. The molecule has 1 aromatic carbocycles. The minimum absolute atomic E-state index is 0.596. The summed E-state index contributed by atoms with van der Waals surface area (Å²) in [5.41, 5.74) is 0.291. The molecule has 0 saturated carbocycles. The number of hydrogen-bond acceptors (Lipinski definition) is 1. The molecule has 0 aliphatic heterocycles. The van der Waals surface area contributed by atoms with Crippen molar-refractivity contribution in [2.24, 2.45) is 5.92 Å². The minimum Gasteiger partial charge on any atom is -0.385 e. The summed E-state index contributed by atoms with van der Waals surface area (Å²) in [5, 5.41) is 10.5. The quantitative estimate of drug-likeness (QED) is 0.845. The van der Waals surface area contributed by atoms with E-state index in [1.807, 2.05) is 31.2 Å². The lowest BCUT2D eigenvalue weighted by Crippen LogP contribution is -2.24. The van der Waals surface area contributed by atoms with Gasteiger partial charge in [0.25, 0.3) is 0 Å². The second-order valence-corrected chi connectivity index (χ2v) is 5.58. The molecule has 1 N–H and O–H groups in total. The minimum atomic E-state index is -0.711. The van der Waals surface area contributed by atoms with Crippen LogP contribution in [0.2, 0.25) is 0 Å². The van der Waals surface area contributed by atoms with Crippen LogP contribution in [0.5, 0.6) is 0 Å². The number of aliphatic hydroxyl groups is 1. The highest BCUT2D eigenvalue weighted by Gasteiger charge is 2.25. The van der Waals surface area contributed by atoms with Crippen molar-refractivity contribution in [3.63, 3.8) is 0 Å². The zero-order valence-corrected chi connectivity index (χ0v) is 11.9. The average Bonchev–Trinajstić information content (AvgIpc) is 2.26. The van der Waals surface area contributed by atoms with Crippen LogP contribution in [0.15, 0.2) is 28.7 Å². The highest BCUT2D eigenvalue weighted by atomic mass is 79.9. The molecule has 0 heterocycles. The van der Waals surface area contributed by atoms with Crippen molar-refractivity contribution < 1.29 is 5.11 Å². The van der Waals surface area contributed by atoms with E-state index in [-0.39, 0.29) is 0 Å². The van der Waals surface area contributed by atoms with Gasteiger partial charge in [-0.25, -0.2) is 0 Å². The Kier molecular flexibility index (Phi) is 5.00. The monoisotopic (exact) mass is 284 g/mol. The molecule has 0 aliphatic rings. The highest BCUT2D eigenvalue weighted by molar-refractivity contribution is 9.10. The van der Waals surface area contributed by atoms with Crippen molar-refractivity contribution in [2.45, 2.75) is 45.6 Å². The van der Waals surface area contributed by atoms with E-state index in [4.69, 9.17) is 0 Å². The second-order valence-electron chi connectivity index (χ2n) is 4.67.